The van der Waals surface area contributed by atoms with E-state index in [1.807, 2.05) is 45.0 Å². The second kappa shape index (κ2) is 7.79. The molecule has 4 nitrogen and oxygen atoms in total. The van der Waals surface area contributed by atoms with Crippen LogP contribution in [0.4, 0.5) is 0 Å². The smallest absolute Gasteiger partial charge is 0.120 e. The Hall–Kier alpha value is -1.55. The molecule has 106 valence electrons. The minimum absolute atomic E-state index is 0.102. The molecule has 0 aromatic heterocycles. The summed E-state index contributed by atoms with van der Waals surface area (Å²) in [5.74, 6) is 0.832. The van der Waals surface area contributed by atoms with E-state index in [2.05, 4.69) is 5.16 Å². The van der Waals surface area contributed by atoms with Gasteiger partial charge in [-0.2, -0.15) is 0 Å². The van der Waals surface area contributed by atoms with Gasteiger partial charge in [-0.3, -0.25) is 0 Å². The predicted molar refractivity (Wildman–Crippen MR) is 76.8 cm³/mol. The maximum atomic E-state index is 5.88. The van der Waals surface area contributed by atoms with Gasteiger partial charge < -0.3 is 14.3 Å². The first-order valence-corrected chi connectivity index (χ1v) is 6.44. The molecule has 4 heteroatoms. The van der Waals surface area contributed by atoms with E-state index in [0.29, 0.717) is 0 Å². The number of hydrogen-bond acceptors (Lipinski definition) is 4. The molecule has 1 aromatic carbocycles. The van der Waals surface area contributed by atoms with E-state index in [0.717, 1.165) is 23.4 Å². The Balaban J connectivity index is 2.69. The molecular formula is C15H23NO3. The van der Waals surface area contributed by atoms with Crippen molar-refractivity contribution in [3.05, 3.63) is 29.8 Å². The number of rotatable bonds is 7. The molecular weight excluding hydrogens is 242 g/mol. The zero-order valence-electron chi connectivity index (χ0n) is 12.3. The molecule has 0 saturated carbocycles. The molecule has 0 N–H and O–H groups in total. The van der Waals surface area contributed by atoms with Gasteiger partial charge in [0, 0.05) is 19.1 Å². The van der Waals surface area contributed by atoms with Crippen LogP contribution in [0.2, 0.25) is 0 Å². The SMILES string of the molecule is CO/N=C(\C)c1cccc(OC(C)CC(C)OC)c1. The topological polar surface area (TPSA) is 40.0 Å². The van der Waals surface area contributed by atoms with Crippen molar-refractivity contribution in [3.63, 3.8) is 0 Å². The van der Waals surface area contributed by atoms with E-state index in [9.17, 15) is 0 Å². The van der Waals surface area contributed by atoms with E-state index in [-0.39, 0.29) is 12.2 Å². The molecule has 0 spiro atoms. The highest BCUT2D eigenvalue weighted by Crippen LogP contribution is 2.17. The molecule has 0 heterocycles. The molecule has 0 aliphatic heterocycles. The van der Waals surface area contributed by atoms with Crippen LogP contribution in [-0.4, -0.2) is 32.1 Å². The summed E-state index contributed by atoms with van der Waals surface area (Å²) < 4.78 is 11.1. The summed E-state index contributed by atoms with van der Waals surface area (Å²) in [7, 11) is 3.25. The monoisotopic (exact) mass is 265 g/mol. The Labute approximate surface area is 115 Å². The van der Waals surface area contributed by atoms with E-state index < -0.39 is 0 Å². The minimum atomic E-state index is 0.102. The molecule has 19 heavy (non-hydrogen) atoms. The van der Waals surface area contributed by atoms with Gasteiger partial charge in [-0.15, -0.1) is 0 Å². The molecule has 0 aliphatic rings. The van der Waals surface area contributed by atoms with E-state index >= 15 is 0 Å². The quantitative estimate of drug-likeness (QED) is 0.561. The summed E-state index contributed by atoms with van der Waals surface area (Å²) in [6, 6.07) is 7.84. The Morgan fingerprint density at radius 1 is 1.21 bits per heavy atom. The van der Waals surface area contributed by atoms with Crippen molar-refractivity contribution in [3.8, 4) is 5.75 Å². The number of methoxy groups -OCH3 is 1. The van der Waals surface area contributed by atoms with Gasteiger partial charge in [0.15, 0.2) is 0 Å². The van der Waals surface area contributed by atoms with Crippen LogP contribution in [0.1, 0.15) is 32.8 Å². The largest absolute Gasteiger partial charge is 0.491 e. The summed E-state index contributed by atoms with van der Waals surface area (Å²) in [6.45, 7) is 5.98. The lowest BCUT2D eigenvalue weighted by Gasteiger charge is -2.18. The van der Waals surface area contributed by atoms with Gasteiger partial charge in [-0.05, 0) is 32.9 Å². The van der Waals surface area contributed by atoms with Crippen LogP contribution >= 0.6 is 0 Å². The van der Waals surface area contributed by atoms with Crippen molar-refractivity contribution in [1.29, 1.82) is 0 Å². The molecule has 0 fully saturated rings. The van der Waals surface area contributed by atoms with Crippen molar-refractivity contribution in [2.45, 2.75) is 39.4 Å². The molecule has 2 unspecified atom stereocenters. The number of hydrogen-bond donors (Lipinski definition) is 0. The maximum absolute atomic E-state index is 5.88. The van der Waals surface area contributed by atoms with Gasteiger partial charge in [-0.25, -0.2) is 0 Å². The summed E-state index contributed by atoms with van der Waals surface area (Å²) in [5, 5.41) is 3.92. The summed E-state index contributed by atoms with van der Waals surface area (Å²) in [4.78, 5) is 4.78. The number of benzene rings is 1. The molecule has 1 rings (SSSR count). The van der Waals surface area contributed by atoms with Gasteiger partial charge in [0.2, 0.25) is 0 Å². The fourth-order valence-corrected chi connectivity index (χ4v) is 1.83. The minimum Gasteiger partial charge on any atom is -0.491 e. The fraction of sp³-hybridized carbons (Fsp3) is 0.533. The third-order valence-electron chi connectivity index (χ3n) is 2.88. The Morgan fingerprint density at radius 3 is 2.58 bits per heavy atom. The lowest BCUT2D eigenvalue weighted by Crippen LogP contribution is -2.19. The lowest BCUT2D eigenvalue weighted by molar-refractivity contribution is 0.0719. The van der Waals surface area contributed by atoms with E-state index in [1.54, 1.807) is 7.11 Å². The first kappa shape index (κ1) is 15.5. The van der Waals surface area contributed by atoms with Crippen LogP contribution in [0.25, 0.3) is 0 Å². The van der Waals surface area contributed by atoms with Crippen LogP contribution < -0.4 is 4.74 Å². The molecule has 0 bridgehead atoms. The third-order valence-corrected chi connectivity index (χ3v) is 2.88. The maximum Gasteiger partial charge on any atom is 0.120 e. The summed E-state index contributed by atoms with van der Waals surface area (Å²) in [5.41, 5.74) is 1.82. The fourth-order valence-electron chi connectivity index (χ4n) is 1.83. The van der Waals surface area contributed by atoms with Crippen molar-refractivity contribution in [2.24, 2.45) is 5.16 Å². The van der Waals surface area contributed by atoms with E-state index in [4.69, 9.17) is 14.3 Å². The summed E-state index contributed by atoms with van der Waals surface area (Å²) in [6.07, 6.45) is 1.14. The van der Waals surface area contributed by atoms with Crippen LogP contribution in [0.5, 0.6) is 5.75 Å². The van der Waals surface area contributed by atoms with Crippen LogP contribution in [0, 0.1) is 0 Å². The zero-order chi connectivity index (χ0) is 14.3. The van der Waals surface area contributed by atoms with Crippen molar-refractivity contribution in [2.75, 3.05) is 14.2 Å². The number of oxime groups is 1. The summed E-state index contributed by atoms with van der Waals surface area (Å²) >= 11 is 0. The first-order valence-electron chi connectivity index (χ1n) is 6.44. The molecule has 2 atom stereocenters. The van der Waals surface area contributed by atoms with Crippen LogP contribution in [0.15, 0.2) is 29.4 Å². The van der Waals surface area contributed by atoms with Gasteiger partial charge in [0.05, 0.1) is 17.9 Å². The normalized spacial score (nSPS) is 14.9. The van der Waals surface area contributed by atoms with Gasteiger partial charge >= 0.3 is 0 Å². The molecule has 0 amide bonds. The highest BCUT2D eigenvalue weighted by atomic mass is 16.6. The standard InChI is InChI=1S/C15H23NO3/c1-11(17-4)9-12(2)19-15-8-6-7-14(10-15)13(3)16-18-5/h6-8,10-12H,9H2,1-5H3/b16-13+. The highest BCUT2D eigenvalue weighted by molar-refractivity contribution is 5.98. The zero-order valence-corrected chi connectivity index (χ0v) is 12.3. The third kappa shape index (κ3) is 5.30. The van der Waals surface area contributed by atoms with Gasteiger partial charge in [-0.1, -0.05) is 17.3 Å². The van der Waals surface area contributed by atoms with Crippen LogP contribution in [0.3, 0.4) is 0 Å². The number of ether oxygens (including phenoxy) is 2. The predicted octanol–water partition coefficient (Wildman–Crippen LogP) is 3.25. The van der Waals surface area contributed by atoms with Gasteiger partial charge in [0.25, 0.3) is 0 Å². The Morgan fingerprint density at radius 2 is 1.95 bits per heavy atom. The van der Waals surface area contributed by atoms with E-state index in [1.165, 1.54) is 7.11 Å². The molecule has 1 aromatic rings. The molecule has 0 saturated heterocycles. The van der Waals surface area contributed by atoms with Crippen molar-refractivity contribution >= 4 is 5.71 Å². The van der Waals surface area contributed by atoms with Crippen molar-refractivity contribution in [1.82, 2.24) is 0 Å². The number of nitrogens with zero attached hydrogens (tertiary/aromatic N) is 1. The molecule has 0 radical (unpaired) electrons. The second-order valence-electron chi connectivity index (χ2n) is 4.60. The lowest BCUT2D eigenvalue weighted by atomic mass is 10.1. The molecule has 0 aliphatic carbocycles. The Bertz CT molecular complexity index is 418. The first-order chi connectivity index (χ1) is 9.06. The highest BCUT2D eigenvalue weighted by Gasteiger charge is 2.10. The Kier molecular flexibility index (Phi) is 6.36. The average molecular weight is 265 g/mol. The average Bonchev–Trinajstić information content (AvgIpc) is 2.39. The van der Waals surface area contributed by atoms with Crippen molar-refractivity contribution < 1.29 is 14.3 Å². The second-order valence-corrected chi connectivity index (χ2v) is 4.60. The van der Waals surface area contributed by atoms with Gasteiger partial charge in [0.1, 0.15) is 12.9 Å². The van der Waals surface area contributed by atoms with Crippen LogP contribution in [-0.2, 0) is 9.57 Å².